The number of rotatable bonds is 10. The summed E-state index contributed by atoms with van der Waals surface area (Å²) in [6.45, 7) is 1.73. The van der Waals surface area contributed by atoms with Crippen molar-refractivity contribution >= 4 is 34.2 Å². The van der Waals surface area contributed by atoms with Crippen LogP contribution in [0.2, 0.25) is 0 Å². The zero-order valence-electron chi connectivity index (χ0n) is 25.0. The third kappa shape index (κ3) is 6.99. The average Bonchev–Trinajstić information content (AvgIpc) is 3.09. The van der Waals surface area contributed by atoms with E-state index in [9.17, 15) is 10.2 Å². The average molecular weight is 639 g/mol. The summed E-state index contributed by atoms with van der Waals surface area (Å²) in [5, 5.41) is 21.6. The van der Waals surface area contributed by atoms with E-state index in [0.29, 0.717) is 32.4 Å². The van der Waals surface area contributed by atoms with Crippen LogP contribution in [0.25, 0.3) is 22.3 Å². The van der Waals surface area contributed by atoms with Crippen LogP contribution in [0.1, 0.15) is 29.2 Å². The first-order valence-corrected chi connectivity index (χ1v) is 15.6. The minimum absolute atomic E-state index is 0.00847. The first-order chi connectivity index (χ1) is 22.4. The molecule has 0 fully saturated rings. The van der Waals surface area contributed by atoms with Gasteiger partial charge in [0.25, 0.3) is 0 Å². The van der Waals surface area contributed by atoms with E-state index in [0.717, 1.165) is 33.4 Å². The number of aromatic hydroxyl groups is 2. The summed E-state index contributed by atoms with van der Waals surface area (Å²) in [6.07, 6.45) is -0.717. The van der Waals surface area contributed by atoms with Crippen LogP contribution >= 0.6 is 24.4 Å². The Labute approximate surface area is 279 Å². The first-order valence-electron chi connectivity index (χ1n) is 14.8. The van der Waals surface area contributed by atoms with Crippen molar-refractivity contribution in [3.05, 3.63) is 168 Å². The monoisotopic (exact) mass is 638 g/mol. The third-order valence-corrected chi connectivity index (χ3v) is 8.45. The number of benzene rings is 6. The van der Waals surface area contributed by atoms with E-state index >= 15 is 0 Å². The molecule has 4 nitrogen and oxygen atoms in total. The minimum atomic E-state index is -0.717. The van der Waals surface area contributed by atoms with Crippen LogP contribution in [0, 0.1) is 0 Å². The molecule has 0 bridgehead atoms. The summed E-state index contributed by atoms with van der Waals surface area (Å²) in [6, 6.07) is 46.1. The molecule has 0 amide bonds. The first kappa shape index (κ1) is 30.7. The quantitative estimate of drug-likeness (QED) is 0.0885. The molecule has 0 aliphatic rings. The van der Waals surface area contributed by atoms with Crippen LogP contribution in [0.3, 0.4) is 0 Å². The van der Waals surface area contributed by atoms with Crippen molar-refractivity contribution in [3.8, 4) is 45.3 Å². The van der Waals surface area contributed by atoms with Crippen molar-refractivity contribution < 1.29 is 19.7 Å². The highest BCUT2D eigenvalue weighted by Crippen LogP contribution is 2.31. The maximum Gasteiger partial charge on any atom is 0.238 e. The lowest BCUT2D eigenvalue weighted by atomic mass is 9.99. The number of hydrogen-bond acceptors (Lipinski definition) is 6. The van der Waals surface area contributed by atoms with Crippen LogP contribution in [0.4, 0.5) is 0 Å². The maximum absolute atomic E-state index is 10.8. The molecule has 0 saturated carbocycles. The van der Waals surface area contributed by atoms with Gasteiger partial charge in [0.15, 0.2) is 0 Å². The van der Waals surface area contributed by atoms with E-state index in [1.807, 2.05) is 84.9 Å². The fourth-order valence-corrected chi connectivity index (χ4v) is 5.78. The fraction of sp³-hybridized carbons (Fsp3) is 0.0500. The molecule has 0 heterocycles. The van der Waals surface area contributed by atoms with Gasteiger partial charge in [-0.3, -0.25) is 0 Å². The van der Waals surface area contributed by atoms with Gasteiger partial charge < -0.3 is 19.7 Å². The van der Waals surface area contributed by atoms with Gasteiger partial charge in [0.1, 0.15) is 23.0 Å². The molecule has 0 saturated heterocycles. The van der Waals surface area contributed by atoms with Crippen molar-refractivity contribution in [3.63, 3.8) is 0 Å². The number of phenolic OH excluding ortho intramolecular Hbond substituents is 2. The number of phenols is 2. The van der Waals surface area contributed by atoms with Gasteiger partial charge >= 0.3 is 0 Å². The van der Waals surface area contributed by atoms with Gasteiger partial charge in [-0.05, 0) is 57.6 Å². The van der Waals surface area contributed by atoms with Crippen molar-refractivity contribution in [2.24, 2.45) is 0 Å². The van der Waals surface area contributed by atoms with Crippen LogP contribution in [-0.4, -0.2) is 26.2 Å². The SMILES string of the molecule is CC(Oc1ccc(C(=S)c2ccc(-c3ccccc3)cc2)c(O)c1)Oc1ccc(C(=S)c2ccc(-c3ccccc3)cc2)c(O)c1. The second kappa shape index (κ2) is 13.8. The Kier molecular flexibility index (Phi) is 9.20. The summed E-state index contributed by atoms with van der Waals surface area (Å²) in [4.78, 5) is 1.07. The summed E-state index contributed by atoms with van der Waals surface area (Å²) >= 11 is 11.4. The molecule has 0 spiro atoms. The van der Waals surface area contributed by atoms with Gasteiger partial charge in [-0.2, -0.15) is 0 Å². The molecule has 0 aromatic heterocycles. The Bertz CT molecular complexity index is 1840. The second-order valence-corrected chi connectivity index (χ2v) is 11.5. The lowest BCUT2D eigenvalue weighted by molar-refractivity contribution is 0.0220. The van der Waals surface area contributed by atoms with E-state index in [2.05, 4.69) is 24.3 Å². The predicted molar refractivity (Wildman–Crippen MR) is 192 cm³/mol. The summed E-state index contributed by atoms with van der Waals surface area (Å²) in [5.41, 5.74) is 7.18. The Morgan fingerprint density at radius 2 is 0.826 bits per heavy atom. The largest absolute Gasteiger partial charge is 0.507 e. The highest BCUT2D eigenvalue weighted by Gasteiger charge is 2.15. The Morgan fingerprint density at radius 3 is 1.17 bits per heavy atom. The number of thiocarbonyl (C=S) groups is 2. The standard InChI is InChI=1S/C40H30O4S2/c1-26(43-33-20-22-35(37(41)24-33)39(45)31-16-12-29(13-17-31)27-8-4-2-5-9-27)44-34-21-23-36(38(42)25-34)40(46)32-18-14-30(15-19-32)28-10-6-3-7-11-28/h2-26,41-42H,1H3. The third-order valence-electron chi connectivity index (χ3n) is 7.54. The highest BCUT2D eigenvalue weighted by molar-refractivity contribution is 7.81. The molecule has 226 valence electrons. The van der Waals surface area contributed by atoms with Crippen molar-refractivity contribution in [2.75, 3.05) is 0 Å². The molecule has 6 aromatic carbocycles. The predicted octanol–water partition coefficient (Wildman–Crippen LogP) is 9.77. The molecule has 2 N–H and O–H groups in total. The molecule has 0 aliphatic heterocycles. The van der Waals surface area contributed by atoms with Crippen molar-refractivity contribution in [1.82, 2.24) is 0 Å². The number of ether oxygens (including phenoxy) is 2. The lowest BCUT2D eigenvalue weighted by Gasteiger charge is -2.18. The molecule has 0 atom stereocenters. The van der Waals surface area contributed by atoms with Crippen molar-refractivity contribution in [2.45, 2.75) is 13.2 Å². The van der Waals surface area contributed by atoms with E-state index in [-0.39, 0.29) is 11.5 Å². The van der Waals surface area contributed by atoms with E-state index in [1.165, 1.54) is 12.1 Å². The molecule has 46 heavy (non-hydrogen) atoms. The Balaban J connectivity index is 1.08. The molecule has 0 aliphatic carbocycles. The molecular weight excluding hydrogens is 609 g/mol. The van der Waals surface area contributed by atoms with E-state index < -0.39 is 6.29 Å². The molecule has 0 radical (unpaired) electrons. The highest BCUT2D eigenvalue weighted by atomic mass is 32.1. The zero-order chi connectivity index (χ0) is 32.0. The van der Waals surface area contributed by atoms with Gasteiger partial charge in [-0.25, -0.2) is 0 Å². The Hall–Kier alpha value is -5.30. The summed E-state index contributed by atoms with van der Waals surface area (Å²) < 4.78 is 11.8. The van der Waals surface area contributed by atoms with Gasteiger partial charge in [0, 0.05) is 30.2 Å². The molecule has 0 unspecified atom stereocenters. The van der Waals surface area contributed by atoms with Gasteiger partial charge in [0.05, 0.1) is 9.73 Å². The van der Waals surface area contributed by atoms with Gasteiger partial charge in [0.2, 0.25) is 6.29 Å². The lowest BCUT2D eigenvalue weighted by Crippen LogP contribution is -2.19. The van der Waals surface area contributed by atoms with Crippen molar-refractivity contribution in [1.29, 1.82) is 0 Å². The zero-order valence-corrected chi connectivity index (χ0v) is 26.6. The van der Waals surface area contributed by atoms with Crippen LogP contribution < -0.4 is 9.47 Å². The smallest absolute Gasteiger partial charge is 0.238 e. The summed E-state index contributed by atoms with van der Waals surface area (Å²) in [7, 11) is 0. The molecule has 6 heteroatoms. The van der Waals surface area contributed by atoms with Crippen LogP contribution in [0.15, 0.2) is 146 Å². The minimum Gasteiger partial charge on any atom is -0.507 e. The molecule has 6 aromatic rings. The number of hydrogen-bond donors (Lipinski definition) is 2. The molecular formula is C40H30O4S2. The van der Waals surface area contributed by atoms with E-state index in [1.54, 1.807) is 31.2 Å². The van der Waals surface area contributed by atoms with E-state index in [4.69, 9.17) is 33.9 Å². The molecule has 6 rings (SSSR count). The van der Waals surface area contributed by atoms with Crippen LogP contribution in [0.5, 0.6) is 23.0 Å². The fourth-order valence-electron chi connectivity index (χ4n) is 5.16. The maximum atomic E-state index is 10.8. The normalized spacial score (nSPS) is 10.8. The van der Waals surface area contributed by atoms with Gasteiger partial charge in [-0.15, -0.1) is 0 Å². The Morgan fingerprint density at radius 1 is 0.478 bits per heavy atom. The van der Waals surface area contributed by atoms with Gasteiger partial charge in [-0.1, -0.05) is 134 Å². The topological polar surface area (TPSA) is 58.9 Å². The van der Waals surface area contributed by atoms with Crippen LogP contribution in [-0.2, 0) is 0 Å². The second-order valence-electron chi connectivity index (χ2n) is 10.7. The summed E-state index contributed by atoms with van der Waals surface area (Å²) in [5.74, 6) is 0.845.